The van der Waals surface area contributed by atoms with Crippen LogP contribution in [0.1, 0.15) is 63.9 Å². The van der Waals surface area contributed by atoms with Crippen molar-refractivity contribution in [1.29, 1.82) is 0 Å². The smallest absolute Gasteiger partial charge is 0.180 e. The van der Waals surface area contributed by atoms with Crippen LogP contribution in [0.15, 0.2) is 148 Å². The van der Waals surface area contributed by atoms with Crippen LogP contribution in [0.2, 0.25) is 0 Å². The van der Waals surface area contributed by atoms with Crippen molar-refractivity contribution in [2.24, 2.45) is 5.92 Å². The van der Waals surface area contributed by atoms with Gasteiger partial charge in [-0.15, -0.1) is 0 Å². The summed E-state index contributed by atoms with van der Waals surface area (Å²) >= 11 is 0. The minimum atomic E-state index is 0.131. The second kappa shape index (κ2) is 11.5. The molecule has 1 unspecified atom stereocenters. The van der Waals surface area contributed by atoms with E-state index in [0.717, 1.165) is 61.7 Å². The first kappa shape index (κ1) is 32.8. The Kier molecular flexibility index (Phi) is 6.63. The third kappa shape index (κ3) is 4.81. The lowest BCUT2D eigenvalue weighted by Crippen LogP contribution is -2.33. The third-order valence-corrected chi connectivity index (χ3v) is 13.2. The largest absolute Gasteiger partial charge is 0.456 e. The van der Waals surface area contributed by atoms with Crippen LogP contribution in [-0.2, 0) is 10.8 Å². The highest BCUT2D eigenvalue weighted by atomic mass is 16.3. The molecule has 4 aromatic heterocycles. The van der Waals surface area contributed by atoms with E-state index in [1.165, 1.54) is 57.0 Å². The lowest BCUT2D eigenvalue weighted by Gasteiger charge is -2.42. The Morgan fingerprint density at radius 2 is 1.33 bits per heavy atom. The molecule has 9 aromatic rings. The average molecular weight is 740 g/mol. The molecule has 0 saturated heterocycles. The van der Waals surface area contributed by atoms with Crippen molar-refractivity contribution >= 4 is 77.1 Å². The van der Waals surface area contributed by atoms with E-state index in [9.17, 15) is 0 Å². The van der Waals surface area contributed by atoms with Crippen LogP contribution in [-0.4, -0.2) is 14.5 Å². The molecule has 0 aliphatic heterocycles. The lowest BCUT2D eigenvalue weighted by atomic mass is 9.63. The fourth-order valence-corrected chi connectivity index (χ4v) is 9.92. The number of allylic oxidation sites excluding steroid dienone is 8. The van der Waals surface area contributed by atoms with E-state index in [4.69, 9.17) is 18.8 Å². The van der Waals surface area contributed by atoms with Gasteiger partial charge in [0, 0.05) is 49.7 Å². The zero-order valence-corrected chi connectivity index (χ0v) is 32.6. The molecule has 3 aliphatic rings. The molecule has 0 fully saturated rings. The van der Waals surface area contributed by atoms with E-state index in [1.54, 1.807) is 0 Å². The fourth-order valence-electron chi connectivity index (χ4n) is 9.92. The van der Waals surface area contributed by atoms with E-state index in [2.05, 4.69) is 129 Å². The Labute approximate surface area is 330 Å². The quantitative estimate of drug-likeness (QED) is 0.181. The molecular weight excluding hydrogens is 699 g/mol. The van der Waals surface area contributed by atoms with Crippen LogP contribution in [0.5, 0.6) is 0 Å². The molecule has 0 radical (unpaired) electrons. The molecular formula is C52H41N3O2. The summed E-state index contributed by atoms with van der Waals surface area (Å²) in [5.74, 6) is 0.913. The molecule has 4 heterocycles. The summed E-state index contributed by atoms with van der Waals surface area (Å²) in [6.07, 6.45) is 14.9. The van der Waals surface area contributed by atoms with Gasteiger partial charge in [0.05, 0.1) is 11.0 Å². The van der Waals surface area contributed by atoms with Crippen molar-refractivity contribution in [2.75, 3.05) is 0 Å². The number of nitrogens with zero attached hydrogens (tertiary/aromatic N) is 3. The molecule has 0 amide bonds. The normalized spacial score (nSPS) is 18.7. The molecule has 12 rings (SSSR count). The first-order valence-electron chi connectivity index (χ1n) is 20.2. The van der Waals surface area contributed by atoms with Crippen LogP contribution >= 0.6 is 0 Å². The van der Waals surface area contributed by atoms with Crippen molar-refractivity contribution < 1.29 is 8.83 Å². The van der Waals surface area contributed by atoms with Crippen LogP contribution < -0.4 is 0 Å². The highest BCUT2D eigenvalue weighted by Crippen LogP contribution is 2.49. The lowest BCUT2D eigenvalue weighted by molar-refractivity contribution is 0.332. The van der Waals surface area contributed by atoms with E-state index in [0.29, 0.717) is 11.4 Å². The summed E-state index contributed by atoms with van der Waals surface area (Å²) < 4.78 is 15.2. The van der Waals surface area contributed by atoms with Crippen LogP contribution in [0, 0.1) is 5.92 Å². The Bertz CT molecular complexity index is 3340. The molecule has 5 nitrogen and oxygen atoms in total. The number of hydrogen-bond donors (Lipinski definition) is 0. The Balaban J connectivity index is 0.967. The van der Waals surface area contributed by atoms with E-state index >= 15 is 0 Å². The molecule has 0 saturated carbocycles. The van der Waals surface area contributed by atoms with Gasteiger partial charge in [-0.1, -0.05) is 101 Å². The van der Waals surface area contributed by atoms with Gasteiger partial charge in [-0.3, -0.25) is 0 Å². The van der Waals surface area contributed by atoms with Crippen molar-refractivity contribution in [2.45, 2.75) is 57.8 Å². The maximum atomic E-state index is 6.50. The van der Waals surface area contributed by atoms with E-state index in [1.807, 2.05) is 36.4 Å². The summed E-state index contributed by atoms with van der Waals surface area (Å²) in [4.78, 5) is 10.5. The predicted octanol–water partition coefficient (Wildman–Crippen LogP) is 13.8. The Morgan fingerprint density at radius 3 is 2.16 bits per heavy atom. The molecule has 1 atom stereocenters. The first-order chi connectivity index (χ1) is 27.7. The first-order valence-corrected chi connectivity index (χ1v) is 20.2. The Hall–Kier alpha value is -6.46. The summed E-state index contributed by atoms with van der Waals surface area (Å²) in [5, 5.41) is 5.78. The van der Waals surface area contributed by atoms with Crippen LogP contribution in [0.25, 0.3) is 88.3 Å². The summed E-state index contributed by atoms with van der Waals surface area (Å²) in [5.41, 5.74) is 15.2. The number of fused-ring (bicyclic) bond motifs is 11. The molecule has 5 heteroatoms. The van der Waals surface area contributed by atoms with Gasteiger partial charge in [0.15, 0.2) is 11.4 Å². The van der Waals surface area contributed by atoms with Crippen LogP contribution in [0.3, 0.4) is 0 Å². The SMILES string of the molecule is CC1(C)CCC(C)(C)c2cc3c(cc21)c1ccccc1n3C1=CCC2C=C(c3nc(-c4ccc5oc6ccccc6c5c4)c4oc5ccccc5c4n3)C=CC2=C1. The van der Waals surface area contributed by atoms with Crippen molar-refractivity contribution in [3.8, 4) is 11.3 Å². The zero-order valence-electron chi connectivity index (χ0n) is 32.6. The van der Waals surface area contributed by atoms with Gasteiger partial charge in [0.2, 0.25) is 0 Å². The summed E-state index contributed by atoms with van der Waals surface area (Å²) in [6, 6.07) is 36.5. The molecule has 57 heavy (non-hydrogen) atoms. The topological polar surface area (TPSA) is 57.0 Å². The highest BCUT2D eigenvalue weighted by Gasteiger charge is 2.38. The maximum absolute atomic E-state index is 6.50. The van der Waals surface area contributed by atoms with E-state index < -0.39 is 0 Å². The van der Waals surface area contributed by atoms with Crippen molar-refractivity contribution in [1.82, 2.24) is 14.5 Å². The van der Waals surface area contributed by atoms with Gasteiger partial charge in [-0.25, -0.2) is 9.97 Å². The van der Waals surface area contributed by atoms with Gasteiger partial charge in [0.25, 0.3) is 0 Å². The third-order valence-electron chi connectivity index (χ3n) is 13.2. The van der Waals surface area contributed by atoms with Gasteiger partial charge >= 0.3 is 0 Å². The van der Waals surface area contributed by atoms with E-state index in [-0.39, 0.29) is 16.7 Å². The molecule has 0 spiro atoms. The minimum absolute atomic E-state index is 0.131. The van der Waals surface area contributed by atoms with Gasteiger partial charge in [-0.05, 0) is 107 Å². The Morgan fingerprint density at radius 1 is 0.632 bits per heavy atom. The molecule has 0 bridgehead atoms. The number of para-hydroxylation sites is 3. The number of rotatable bonds is 3. The second-order valence-electron chi connectivity index (χ2n) is 17.6. The zero-order chi connectivity index (χ0) is 38.2. The molecule has 0 N–H and O–H groups in total. The van der Waals surface area contributed by atoms with Gasteiger partial charge in [0.1, 0.15) is 28.0 Å². The number of hydrogen-bond acceptors (Lipinski definition) is 4. The van der Waals surface area contributed by atoms with Crippen molar-refractivity contribution in [3.05, 3.63) is 156 Å². The maximum Gasteiger partial charge on any atom is 0.180 e. The number of benzene rings is 5. The minimum Gasteiger partial charge on any atom is -0.456 e. The van der Waals surface area contributed by atoms with Crippen LogP contribution in [0.4, 0.5) is 0 Å². The number of furan rings is 2. The van der Waals surface area contributed by atoms with Gasteiger partial charge in [-0.2, -0.15) is 0 Å². The standard InChI is InChI=1S/C52H41N3O2/c1-51(2)23-24-52(3,4)41-29-43-38(28-40(41)51)35-11-5-8-14-42(35)55(43)34-21-19-30-25-33(18-17-31(30)26-34)50-53-47(49-48(54-50)37-13-7-10-16-45(37)57-49)32-20-22-46-39(27-32)36-12-6-9-15-44(36)56-46/h5-18,20-22,25-30H,19,23-24H2,1-4H3. The predicted molar refractivity (Wildman–Crippen MR) is 234 cm³/mol. The highest BCUT2D eigenvalue weighted by molar-refractivity contribution is 6.12. The number of aromatic nitrogens is 3. The summed E-state index contributed by atoms with van der Waals surface area (Å²) in [6.45, 7) is 9.67. The molecule has 5 aromatic carbocycles. The summed E-state index contributed by atoms with van der Waals surface area (Å²) in [7, 11) is 0. The van der Waals surface area contributed by atoms with Gasteiger partial charge < -0.3 is 13.4 Å². The average Bonchev–Trinajstić information content (AvgIpc) is 3.90. The molecule has 276 valence electrons. The fraction of sp³-hybridized carbons (Fsp3) is 0.192. The second-order valence-corrected chi connectivity index (χ2v) is 17.6. The van der Waals surface area contributed by atoms with Crippen molar-refractivity contribution in [3.63, 3.8) is 0 Å². The monoisotopic (exact) mass is 739 g/mol. The molecule has 3 aliphatic carbocycles.